The van der Waals surface area contributed by atoms with Gasteiger partial charge in [-0.25, -0.2) is 4.39 Å². The molecule has 0 bridgehead atoms. The summed E-state index contributed by atoms with van der Waals surface area (Å²) < 4.78 is 15.7. The first-order valence-electron chi connectivity index (χ1n) is 7.45. The van der Waals surface area contributed by atoms with Crippen LogP contribution in [-0.4, -0.2) is 4.57 Å². The van der Waals surface area contributed by atoms with Crippen LogP contribution >= 0.6 is 0 Å². The SMILES string of the molecule is CCCc1c(C#N)c2ccc(C)cc2n1-c1cccc(F)c1. The van der Waals surface area contributed by atoms with Crippen LogP contribution in [0.1, 0.15) is 30.2 Å². The van der Waals surface area contributed by atoms with Crippen molar-refractivity contribution in [2.75, 3.05) is 0 Å². The molecule has 0 fully saturated rings. The molecule has 0 spiro atoms. The minimum Gasteiger partial charge on any atom is -0.312 e. The van der Waals surface area contributed by atoms with Crippen molar-refractivity contribution < 1.29 is 4.39 Å². The second-order valence-electron chi connectivity index (χ2n) is 5.52. The Labute approximate surface area is 129 Å². The van der Waals surface area contributed by atoms with Gasteiger partial charge in [-0.1, -0.05) is 31.5 Å². The van der Waals surface area contributed by atoms with Crippen LogP contribution in [0.25, 0.3) is 16.6 Å². The van der Waals surface area contributed by atoms with E-state index in [0.717, 1.165) is 40.7 Å². The third-order valence-corrected chi connectivity index (χ3v) is 3.89. The van der Waals surface area contributed by atoms with E-state index >= 15 is 0 Å². The molecule has 0 amide bonds. The van der Waals surface area contributed by atoms with Crippen LogP contribution in [0.15, 0.2) is 42.5 Å². The lowest BCUT2D eigenvalue weighted by Crippen LogP contribution is -2.01. The first-order valence-corrected chi connectivity index (χ1v) is 7.45. The maximum atomic E-state index is 13.7. The van der Waals surface area contributed by atoms with Gasteiger partial charge < -0.3 is 4.57 Å². The number of fused-ring (bicyclic) bond motifs is 1. The molecule has 0 aliphatic carbocycles. The van der Waals surface area contributed by atoms with Crippen LogP contribution < -0.4 is 0 Å². The Hall–Kier alpha value is -2.60. The molecule has 0 N–H and O–H groups in total. The summed E-state index contributed by atoms with van der Waals surface area (Å²) >= 11 is 0. The van der Waals surface area contributed by atoms with E-state index in [0.29, 0.717) is 5.56 Å². The highest BCUT2D eigenvalue weighted by molar-refractivity contribution is 5.90. The van der Waals surface area contributed by atoms with Gasteiger partial charge in [0.15, 0.2) is 0 Å². The Morgan fingerprint density at radius 3 is 2.68 bits per heavy atom. The normalized spacial score (nSPS) is 10.8. The topological polar surface area (TPSA) is 28.7 Å². The number of aryl methyl sites for hydroxylation is 1. The second-order valence-corrected chi connectivity index (χ2v) is 5.52. The number of aromatic nitrogens is 1. The van der Waals surface area contributed by atoms with Crippen molar-refractivity contribution in [1.29, 1.82) is 5.26 Å². The average Bonchev–Trinajstić information content (AvgIpc) is 2.80. The highest BCUT2D eigenvalue weighted by Gasteiger charge is 2.17. The van der Waals surface area contributed by atoms with E-state index in [-0.39, 0.29) is 5.82 Å². The lowest BCUT2D eigenvalue weighted by molar-refractivity contribution is 0.626. The zero-order chi connectivity index (χ0) is 15.7. The van der Waals surface area contributed by atoms with E-state index < -0.39 is 0 Å². The van der Waals surface area contributed by atoms with E-state index in [1.54, 1.807) is 6.07 Å². The molecule has 3 heteroatoms. The van der Waals surface area contributed by atoms with Gasteiger partial charge in [-0.3, -0.25) is 0 Å². The first kappa shape index (κ1) is 14.3. The Morgan fingerprint density at radius 1 is 1.18 bits per heavy atom. The van der Waals surface area contributed by atoms with Crippen molar-refractivity contribution in [2.24, 2.45) is 0 Å². The highest BCUT2D eigenvalue weighted by Crippen LogP contribution is 2.31. The molecule has 3 rings (SSSR count). The van der Waals surface area contributed by atoms with E-state index in [2.05, 4.69) is 19.1 Å². The van der Waals surface area contributed by atoms with Crippen LogP contribution in [0.3, 0.4) is 0 Å². The predicted molar refractivity (Wildman–Crippen MR) is 86.7 cm³/mol. The monoisotopic (exact) mass is 292 g/mol. The predicted octanol–water partition coefficient (Wildman–Crippen LogP) is 4.90. The van der Waals surface area contributed by atoms with Gasteiger partial charge >= 0.3 is 0 Å². The maximum Gasteiger partial charge on any atom is 0.125 e. The summed E-state index contributed by atoms with van der Waals surface area (Å²) in [6, 6.07) is 14.9. The van der Waals surface area contributed by atoms with Crippen LogP contribution in [-0.2, 0) is 6.42 Å². The number of halogens is 1. The maximum absolute atomic E-state index is 13.7. The molecule has 3 aromatic rings. The van der Waals surface area contributed by atoms with Gasteiger partial charge in [0.25, 0.3) is 0 Å². The molecule has 1 heterocycles. The molecule has 0 saturated heterocycles. The third kappa shape index (κ3) is 2.27. The summed E-state index contributed by atoms with van der Waals surface area (Å²) in [6.07, 6.45) is 1.71. The van der Waals surface area contributed by atoms with Gasteiger partial charge in [0.1, 0.15) is 11.9 Å². The van der Waals surface area contributed by atoms with Crippen molar-refractivity contribution in [2.45, 2.75) is 26.7 Å². The summed E-state index contributed by atoms with van der Waals surface area (Å²) in [6.45, 7) is 4.11. The largest absolute Gasteiger partial charge is 0.312 e. The third-order valence-electron chi connectivity index (χ3n) is 3.89. The fourth-order valence-corrected chi connectivity index (χ4v) is 2.96. The summed E-state index contributed by atoms with van der Waals surface area (Å²) in [5, 5.41) is 10.5. The number of hydrogen-bond donors (Lipinski definition) is 0. The molecule has 2 aromatic carbocycles. The minimum atomic E-state index is -0.270. The molecule has 110 valence electrons. The Bertz CT molecular complexity index is 884. The fraction of sp³-hybridized carbons (Fsp3) is 0.211. The lowest BCUT2D eigenvalue weighted by atomic mass is 10.1. The quantitative estimate of drug-likeness (QED) is 0.674. The zero-order valence-electron chi connectivity index (χ0n) is 12.7. The summed E-state index contributed by atoms with van der Waals surface area (Å²) in [7, 11) is 0. The molecule has 0 aliphatic rings. The van der Waals surface area contributed by atoms with Crippen LogP contribution in [0.5, 0.6) is 0 Å². The number of nitrogens with zero attached hydrogens (tertiary/aromatic N) is 2. The fourth-order valence-electron chi connectivity index (χ4n) is 2.96. The molecule has 2 nitrogen and oxygen atoms in total. The molecule has 0 saturated carbocycles. The van der Waals surface area contributed by atoms with Crippen LogP contribution in [0.2, 0.25) is 0 Å². The average molecular weight is 292 g/mol. The van der Waals surface area contributed by atoms with Gasteiger partial charge in [-0.05, 0) is 43.2 Å². The molecule has 0 radical (unpaired) electrons. The van der Waals surface area contributed by atoms with E-state index in [9.17, 15) is 9.65 Å². The van der Waals surface area contributed by atoms with Crippen LogP contribution in [0.4, 0.5) is 4.39 Å². The Balaban J connectivity index is 2.42. The van der Waals surface area contributed by atoms with E-state index in [1.807, 2.05) is 29.7 Å². The van der Waals surface area contributed by atoms with Gasteiger partial charge in [-0.15, -0.1) is 0 Å². The minimum absolute atomic E-state index is 0.270. The molecule has 0 unspecified atom stereocenters. The van der Waals surface area contributed by atoms with Crippen molar-refractivity contribution in [1.82, 2.24) is 4.57 Å². The number of hydrogen-bond acceptors (Lipinski definition) is 1. The lowest BCUT2D eigenvalue weighted by Gasteiger charge is -2.11. The summed E-state index contributed by atoms with van der Waals surface area (Å²) in [5.74, 6) is -0.270. The standard InChI is InChI=1S/C19H17FN2/c1-3-5-18-17(12-21)16-9-8-13(2)10-19(16)22(18)15-7-4-6-14(20)11-15/h4,6-11H,3,5H2,1-2H3. The Kier molecular flexibility index (Phi) is 3.68. The second kappa shape index (κ2) is 5.65. The number of benzene rings is 2. The zero-order valence-corrected chi connectivity index (χ0v) is 12.7. The number of nitriles is 1. The van der Waals surface area contributed by atoms with Crippen molar-refractivity contribution >= 4 is 10.9 Å². The van der Waals surface area contributed by atoms with Crippen molar-refractivity contribution in [3.8, 4) is 11.8 Å². The highest BCUT2D eigenvalue weighted by atomic mass is 19.1. The van der Waals surface area contributed by atoms with Gasteiger partial charge in [0.2, 0.25) is 0 Å². The van der Waals surface area contributed by atoms with E-state index in [4.69, 9.17) is 0 Å². The van der Waals surface area contributed by atoms with Crippen molar-refractivity contribution in [3.05, 3.63) is 65.1 Å². The Morgan fingerprint density at radius 2 is 2.00 bits per heavy atom. The van der Waals surface area contributed by atoms with Gasteiger partial charge in [-0.2, -0.15) is 5.26 Å². The molecular weight excluding hydrogens is 275 g/mol. The molecular formula is C19H17FN2. The molecule has 22 heavy (non-hydrogen) atoms. The first-order chi connectivity index (χ1) is 10.7. The smallest absolute Gasteiger partial charge is 0.125 e. The van der Waals surface area contributed by atoms with Crippen molar-refractivity contribution in [3.63, 3.8) is 0 Å². The summed E-state index contributed by atoms with van der Waals surface area (Å²) in [5.41, 5.74) is 4.50. The van der Waals surface area contributed by atoms with Gasteiger partial charge in [0, 0.05) is 16.8 Å². The molecule has 1 aromatic heterocycles. The number of rotatable bonds is 3. The molecule has 0 aliphatic heterocycles. The summed E-state index contributed by atoms with van der Waals surface area (Å²) in [4.78, 5) is 0. The van der Waals surface area contributed by atoms with Gasteiger partial charge in [0.05, 0.1) is 11.1 Å². The molecule has 0 atom stereocenters. The van der Waals surface area contributed by atoms with Crippen LogP contribution in [0, 0.1) is 24.1 Å². The van der Waals surface area contributed by atoms with E-state index in [1.165, 1.54) is 12.1 Å².